The molecule has 2 amide bonds. The van der Waals surface area contributed by atoms with Crippen LogP contribution in [0.1, 0.15) is 15.9 Å². The van der Waals surface area contributed by atoms with Gasteiger partial charge in [0.15, 0.2) is 4.32 Å². The van der Waals surface area contributed by atoms with Gasteiger partial charge in [0.05, 0.1) is 10.5 Å². The summed E-state index contributed by atoms with van der Waals surface area (Å²) in [4.78, 5) is 26.8. The number of benzene rings is 2. The SMILES string of the molecule is O=C1/C(=C\c2ccccc2)SC(=S)N1C(=O)c1ccccc1I. The molecule has 0 spiro atoms. The fraction of sp³-hybridized carbons (Fsp3) is 0. The molecule has 1 aliphatic heterocycles. The Morgan fingerprint density at radius 3 is 2.43 bits per heavy atom. The summed E-state index contributed by atoms with van der Waals surface area (Å²) in [7, 11) is 0. The molecule has 0 aliphatic carbocycles. The minimum absolute atomic E-state index is 0.266. The van der Waals surface area contributed by atoms with Gasteiger partial charge in [0.25, 0.3) is 11.8 Å². The number of carbonyl (C=O) groups is 2. The highest BCUT2D eigenvalue weighted by atomic mass is 127. The first-order chi connectivity index (χ1) is 11.1. The number of hydrogen-bond donors (Lipinski definition) is 0. The predicted octanol–water partition coefficient (Wildman–Crippen LogP) is 4.33. The van der Waals surface area contributed by atoms with E-state index < -0.39 is 0 Å². The maximum Gasteiger partial charge on any atom is 0.273 e. The molecule has 3 rings (SSSR count). The van der Waals surface area contributed by atoms with Gasteiger partial charge in [-0.05, 0) is 46.4 Å². The van der Waals surface area contributed by atoms with E-state index >= 15 is 0 Å². The van der Waals surface area contributed by atoms with E-state index in [0.717, 1.165) is 25.8 Å². The average Bonchev–Trinajstić information content (AvgIpc) is 2.82. The Labute approximate surface area is 156 Å². The number of thiocarbonyl (C=S) groups is 1. The zero-order valence-electron chi connectivity index (χ0n) is 11.7. The van der Waals surface area contributed by atoms with Gasteiger partial charge < -0.3 is 0 Å². The van der Waals surface area contributed by atoms with Crippen molar-refractivity contribution in [1.82, 2.24) is 4.90 Å². The highest BCUT2D eigenvalue weighted by molar-refractivity contribution is 14.1. The van der Waals surface area contributed by atoms with Gasteiger partial charge in [-0.1, -0.05) is 66.4 Å². The highest BCUT2D eigenvalue weighted by Crippen LogP contribution is 2.34. The van der Waals surface area contributed by atoms with E-state index in [-0.39, 0.29) is 16.1 Å². The lowest BCUT2D eigenvalue weighted by molar-refractivity contribution is -0.120. The number of amides is 2. The van der Waals surface area contributed by atoms with E-state index in [1.165, 1.54) is 0 Å². The van der Waals surface area contributed by atoms with Crippen LogP contribution < -0.4 is 0 Å². The molecule has 2 aromatic rings. The average molecular weight is 451 g/mol. The van der Waals surface area contributed by atoms with Crippen LogP contribution in [0.4, 0.5) is 0 Å². The van der Waals surface area contributed by atoms with Crippen LogP contribution in [-0.2, 0) is 4.79 Å². The number of rotatable bonds is 2. The topological polar surface area (TPSA) is 37.4 Å². The van der Waals surface area contributed by atoms with Gasteiger partial charge in [-0.25, -0.2) is 4.90 Å². The molecule has 1 heterocycles. The van der Waals surface area contributed by atoms with Crippen LogP contribution in [0.2, 0.25) is 0 Å². The number of nitrogens with zero attached hydrogens (tertiary/aromatic N) is 1. The van der Waals surface area contributed by atoms with Gasteiger partial charge in [-0.2, -0.15) is 0 Å². The molecule has 114 valence electrons. The maximum absolute atomic E-state index is 12.7. The molecule has 0 N–H and O–H groups in total. The Balaban J connectivity index is 1.92. The first-order valence-electron chi connectivity index (χ1n) is 6.70. The van der Waals surface area contributed by atoms with Crippen molar-refractivity contribution in [1.29, 1.82) is 0 Å². The molecule has 1 aliphatic rings. The Morgan fingerprint density at radius 1 is 1.09 bits per heavy atom. The number of carbonyl (C=O) groups excluding carboxylic acids is 2. The molecule has 0 atom stereocenters. The van der Waals surface area contributed by atoms with E-state index in [4.69, 9.17) is 12.2 Å². The van der Waals surface area contributed by atoms with E-state index in [9.17, 15) is 9.59 Å². The summed E-state index contributed by atoms with van der Waals surface area (Å²) >= 11 is 8.46. The molecule has 23 heavy (non-hydrogen) atoms. The molecule has 2 aromatic carbocycles. The monoisotopic (exact) mass is 451 g/mol. The summed E-state index contributed by atoms with van der Waals surface area (Å²) in [6, 6.07) is 16.6. The second kappa shape index (κ2) is 6.94. The van der Waals surface area contributed by atoms with Crippen LogP contribution in [0.5, 0.6) is 0 Å². The second-order valence-electron chi connectivity index (χ2n) is 4.71. The van der Waals surface area contributed by atoms with Crippen LogP contribution in [0.3, 0.4) is 0 Å². The summed E-state index contributed by atoms with van der Waals surface area (Å²) in [6.07, 6.45) is 1.75. The molecule has 0 bridgehead atoms. The normalized spacial score (nSPS) is 16.2. The van der Waals surface area contributed by atoms with Crippen LogP contribution in [0.25, 0.3) is 6.08 Å². The van der Waals surface area contributed by atoms with Crippen molar-refractivity contribution >= 4 is 68.8 Å². The smallest absolute Gasteiger partial charge is 0.268 e. The van der Waals surface area contributed by atoms with Crippen molar-refractivity contribution in [2.75, 3.05) is 0 Å². The van der Waals surface area contributed by atoms with Crippen molar-refractivity contribution < 1.29 is 9.59 Å². The number of halogens is 1. The lowest BCUT2D eigenvalue weighted by Gasteiger charge is -2.13. The van der Waals surface area contributed by atoms with Crippen molar-refractivity contribution in [2.45, 2.75) is 0 Å². The Morgan fingerprint density at radius 2 is 1.74 bits per heavy atom. The standard InChI is InChI=1S/C17H10INO2S2/c18-13-9-5-4-8-12(13)15(20)19-16(21)14(23-17(19)22)10-11-6-2-1-3-7-11/h1-10H/b14-10+. The number of thioether (sulfide) groups is 1. The minimum Gasteiger partial charge on any atom is -0.268 e. The van der Waals surface area contributed by atoms with Crippen LogP contribution >= 0.6 is 46.6 Å². The molecule has 3 nitrogen and oxygen atoms in total. The van der Waals surface area contributed by atoms with Crippen LogP contribution in [-0.4, -0.2) is 21.0 Å². The first kappa shape index (κ1) is 16.4. The largest absolute Gasteiger partial charge is 0.273 e. The molecule has 1 saturated heterocycles. The Bertz CT molecular complexity index is 833. The third-order valence-electron chi connectivity index (χ3n) is 3.20. The van der Waals surface area contributed by atoms with Crippen molar-refractivity contribution in [3.8, 4) is 0 Å². The Hall–Kier alpha value is -1.51. The maximum atomic E-state index is 12.7. The third-order valence-corrected chi connectivity index (χ3v) is 5.44. The van der Waals surface area contributed by atoms with E-state index in [1.54, 1.807) is 18.2 Å². The summed E-state index contributed by atoms with van der Waals surface area (Å²) in [6.45, 7) is 0. The quantitative estimate of drug-likeness (QED) is 0.295. The molecule has 0 radical (unpaired) electrons. The highest BCUT2D eigenvalue weighted by Gasteiger charge is 2.37. The molecule has 0 saturated carbocycles. The lowest BCUT2D eigenvalue weighted by atomic mass is 10.2. The number of imide groups is 1. The second-order valence-corrected chi connectivity index (χ2v) is 7.55. The van der Waals surface area contributed by atoms with Crippen LogP contribution in [0.15, 0.2) is 59.5 Å². The summed E-state index contributed by atoms with van der Waals surface area (Å²) in [5.74, 6) is -0.748. The van der Waals surface area contributed by atoms with Gasteiger partial charge in [0, 0.05) is 3.57 Å². The number of hydrogen-bond acceptors (Lipinski definition) is 4. The van der Waals surface area contributed by atoms with E-state index in [0.29, 0.717) is 10.5 Å². The molecule has 0 unspecified atom stereocenters. The van der Waals surface area contributed by atoms with Crippen molar-refractivity contribution in [3.05, 3.63) is 74.2 Å². The molecule has 6 heteroatoms. The molecule has 1 fully saturated rings. The van der Waals surface area contributed by atoms with E-state index in [1.807, 2.05) is 42.5 Å². The van der Waals surface area contributed by atoms with Gasteiger partial charge in [-0.3, -0.25) is 9.59 Å². The van der Waals surface area contributed by atoms with Gasteiger partial charge in [0.2, 0.25) is 0 Å². The molecule has 0 aromatic heterocycles. The van der Waals surface area contributed by atoms with Crippen molar-refractivity contribution in [2.24, 2.45) is 0 Å². The van der Waals surface area contributed by atoms with Gasteiger partial charge in [0.1, 0.15) is 0 Å². The predicted molar refractivity (Wildman–Crippen MR) is 105 cm³/mol. The lowest BCUT2D eigenvalue weighted by Crippen LogP contribution is -2.35. The minimum atomic E-state index is -0.381. The van der Waals surface area contributed by atoms with Crippen LogP contribution in [0, 0.1) is 3.57 Å². The van der Waals surface area contributed by atoms with Gasteiger partial charge >= 0.3 is 0 Å². The van der Waals surface area contributed by atoms with E-state index in [2.05, 4.69) is 22.6 Å². The molecular formula is C17H10INO2S2. The molecular weight excluding hydrogens is 441 g/mol. The zero-order valence-corrected chi connectivity index (χ0v) is 15.5. The fourth-order valence-corrected chi connectivity index (χ4v) is 3.97. The summed E-state index contributed by atoms with van der Waals surface area (Å²) in [5.41, 5.74) is 1.38. The first-order valence-corrected chi connectivity index (χ1v) is 9.00. The van der Waals surface area contributed by atoms with Crippen molar-refractivity contribution in [3.63, 3.8) is 0 Å². The summed E-state index contributed by atoms with van der Waals surface area (Å²) < 4.78 is 1.05. The fourth-order valence-electron chi connectivity index (χ4n) is 2.10. The Kier molecular flexibility index (Phi) is 4.93. The summed E-state index contributed by atoms with van der Waals surface area (Å²) in [5, 5.41) is 0. The third kappa shape index (κ3) is 3.39. The van der Waals surface area contributed by atoms with Gasteiger partial charge in [-0.15, -0.1) is 0 Å². The zero-order chi connectivity index (χ0) is 16.4.